The number of rotatable bonds is 4. The zero-order valence-electron chi connectivity index (χ0n) is 9.28. The molecular weight excluding hydrogens is 242 g/mol. The Labute approximate surface area is 101 Å². The van der Waals surface area contributed by atoms with E-state index in [1.807, 2.05) is 0 Å². The largest absolute Gasteiger partial charge is 0.481 e. The van der Waals surface area contributed by atoms with Crippen molar-refractivity contribution in [3.8, 4) is 11.3 Å². The fourth-order valence-electron chi connectivity index (χ4n) is 1.53. The van der Waals surface area contributed by atoms with Crippen LogP contribution in [0.2, 0.25) is 0 Å². The summed E-state index contributed by atoms with van der Waals surface area (Å²) in [5, 5.41) is 15.1. The average molecular weight is 252 g/mol. The normalized spacial score (nSPS) is 10.6. The molecule has 1 aromatic carbocycles. The maximum Gasteiger partial charge on any atom is 0.303 e. The van der Waals surface area contributed by atoms with Crippen LogP contribution >= 0.6 is 0 Å². The van der Waals surface area contributed by atoms with Gasteiger partial charge in [-0.2, -0.15) is 5.10 Å². The van der Waals surface area contributed by atoms with Gasteiger partial charge in [0.2, 0.25) is 0 Å². The molecule has 0 bridgehead atoms. The molecule has 1 aromatic heterocycles. The second kappa shape index (κ2) is 4.95. The summed E-state index contributed by atoms with van der Waals surface area (Å²) < 4.78 is 25.8. The van der Waals surface area contributed by atoms with Gasteiger partial charge in [0.15, 0.2) is 11.6 Å². The number of hydrogen-bond acceptors (Lipinski definition) is 2. The summed E-state index contributed by atoms with van der Waals surface area (Å²) in [5.41, 5.74) is 1.53. The number of aromatic nitrogens is 2. The van der Waals surface area contributed by atoms with Gasteiger partial charge in [-0.3, -0.25) is 9.89 Å². The van der Waals surface area contributed by atoms with Gasteiger partial charge >= 0.3 is 5.97 Å². The van der Waals surface area contributed by atoms with E-state index in [0.717, 1.165) is 12.1 Å². The number of benzene rings is 1. The van der Waals surface area contributed by atoms with Crippen molar-refractivity contribution in [3.63, 3.8) is 0 Å². The molecule has 1 heterocycles. The molecule has 0 amide bonds. The maximum atomic E-state index is 13.0. The molecule has 0 fully saturated rings. The molecule has 0 aliphatic carbocycles. The molecule has 0 atom stereocenters. The minimum absolute atomic E-state index is 0.0145. The van der Waals surface area contributed by atoms with Crippen molar-refractivity contribution in [2.75, 3.05) is 0 Å². The fraction of sp³-hybridized carbons (Fsp3) is 0.167. The zero-order chi connectivity index (χ0) is 13.1. The van der Waals surface area contributed by atoms with E-state index in [1.165, 1.54) is 6.07 Å². The molecule has 4 nitrogen and oxygen atoms in total. The molecule has 0 aliphatic rings. The quantitative estimate of drug-likeness (QED) is 0.877. The first-order chi connectivity index (χ1) is 8.56. The Hall–Kier alpha value is -2.24. The number of halogens is 2. The van der Waals surface area contributed by atoms with Gasteiger partial charge in [-0.1, -0.05) is 0 Å². The van der Waals surface area contributed by atoms with E-state index in [2.05, 4.69) is 10.2 Å². The van der Waals surface area contributed by atoms with Gasteiger partial charge in [-0.25, -0.2) is 8.78 Å². The topological polar surface area (TPSA) is 66.0 Å². The highest BCUT2D eigenvalue weighted by atomic mass is 19.2. The van der Waals surface area contributed by atoms with Gasteiger partial charge in [0.05, 0.1) is 12.1 Å². The minimum atomic E-state index is -0.942. The number of aryl methyl sites for hydroxylation is 1. The highest BCUT2D eigenvalue weighted by Gasteiger charge is 2.08. The van der Waals surface area contributed by atoms with Crippen molar-refractivity contribution >= 4 is 5.97 Å². The zero-order valence-corrected chi connectivity index (χ0v) is 9.28. The summed E-state index contributed by atoms with van der Waals surface area (Å²) in [6.07, 6.45) is 0.297. The number of nitrogens with one attached hydrogen (secondary N) is 1. The van der Waals surface area contributed by atoms with E-state index >= 15 is 0 Å². The monoisotopic (exact) mass is 252 g/mol. The lowest BCUT2D eigenvalue weighted by molar-refractivity contribution is -0.136. The molecular formula is C12H10F2N2O2. The summed E-state index contributed by atoms with van der Waals surface area (Å²) in [5.74, 6) is -2.76. The third kappa shape index (κ3) is 2.71. The van der Waals surface area contributed by atoms with Crippen molar-refractivity contribution in [1.29, 1.82) is 0 Å². The SMILES string of the molecule is O=C(O)CCc1cc(-c2ccc(F)c(F)c2)n[nH]1. The number of carbonyl (C=O) groups is 1. The standard InChI is InChI=1S/C12H10F2N2O2/c13-9-3-1-7(5-10(9)14)11-6-8(15-16-11)2-4-12(17)18/h1,3,5-6H,2,4H2,(H,15,16)(H,17,18). The van der Waals surface area contributed by atoms with E-state index in [4.69, 9.17) is 5.11 Å². The molecule has 0 saturated carbocycles. The summed E-state index contributed by atoms with van der Waals surface area (Å²) in [6.45, 7) is 0. The predicted octanol–water partition coefficient (Wildman–Crippen LogP) is 2.37. The van der Waals surface area contributed by atoms with Crippen LogP contribution in [0, 0.1) is 11.6 Å². The van der Waals surface area contributed by atoms with Crippen LogP contribution in [-0.4, -0.2) is 21.3 Å². The first kappa shape index (κ1) is 12.2. The highest BCUT2D eigenvalue weighted by Crippen LogP contribution is 2.20. The summed E-state index contributed by atoms with van der Waals surface area (Å²) in [7, 11) is 0. The minimum Gasteiger partial charge on any atom is -0.481 e. The van der Waals surface area contributed by atoms with Crippen LogP contribution in [0.5, 0.6) is 0 Å². The van der Waals surface area contributed by atoms with Gasteiger partial charge in [-0.05, 0) is 30.7 Å². The lowest BCUT2D eigenvalue weighted by Crippen LogP contribution is -1.97. The second-order valence-corrected chi connectivity index (χ2v) is 3.80. The lowest BCUT2D eigenvalue weighted by Gasteiger charge is -1.97. The second-order valence-electron chi connectivity index (χ2n) is 3.80. The van der Waals surface area contributed by atoms with E-state index in [1.54, 1.807) is 6.07 Å². The highest BCUT2D eigenvalue weighted by molar-refractivity contribution is 5.67. The van der Waals surface area contributed by atoms with E-state index in [0.29, 0.717) is 23.4 Å². The Bertz CT molecular complexity index is 581. The summed E-state index contributed by atoms with van der Waals surface area (Å²) in [6, 6.07) is 5.11. The molecule has 0 spiro atoms. The Morgan fingerprint density at radius 1 is 1.28 bits per heavy atom. The van der Waals surface area contributed by atoms with Crippen LogP contribution in [0.3, 0.4) is 0 Å². The number of aliphatic carboxylic acids is 1. The molecule has 94 valence electrons. The fourth-order valence-corrected chi connectivity index (χ4v) is 1.53. The van der Waals surface area contributed by atoms with Crippen LogP contribution in [0.25, 0.3) is 11.3 Å². The van der Waals surface area contributed by atoms with Crippen molar-refractivity contribution in [1.82, 2.24) is 10.2 Å². The van der Waals surface area contributed by atoms with Crippen LogP contribution < -0.4 is 0 Å². The van der Waals surface area contributed by atoms with Gasteiger partial charge in [0.25, 0.3) is 0 Å². The van der Waals surface area contributed by atoms with E-state index in [9.17, 15) is 13.6 Å². The molecule has 6 heteroatoms. The number of nitrogens with zero attached hydrogens (tertiary/aromatic N) is 1. The van der Waals surface area contributed by atoms with E-state index < -0.39 is 17.6 Å². The van der Waals surface area contributed by atoms with Crippen LogP contribution in [0.1, 0.15) is 12.1 Å². The Kier molecular flexibility index (Phi) is 3.36. The van der Waals surface area contributed by atoms with Crippen molar-refractivity contribution in [3.05, 3.63) is 41.6 Å². The third-order valence-corrected chi connectivity index (χ3v) is 2.45. The Balaban J connectivity index is 2.18. The van der Waals surface area contributed by atoms with Crippen molar-refractivity contribution in [2.24, 2.45) is 0 Å². The van der Waals surface area contributed by atoms with Gasteiger partial charge < -0.3 is 5.11 Å². The number of carboxylic acids is 1. The third-order valence-electron chi connectivity index (χ3n) is 2.45. The van der Waals surface area contributed by atoms with Gasteiger partial charge in [0, 0.05) is 11.3 Å². The molecule has 0 unspecified atom stereocenters. The average Bonchev–Trinajstić information content (AvgIpc) is 2.79. The predicted molar refractivity (Wildman–Crippen MR) is 59.9 cm³/mol. The number of carboxylic acid groups (broad SMARTS) is 1. The molecule has 2 aromatic rings. The molecule has 0 aliphatic heterocycles. The van der Waals surface area contributed by atoms with Gasteiger partial charge in [-0.15, -0.1) is 0 Å². The molecule has 0 saturated heterocycles. The number of aromatic amines is 1. The summed E-state index contributed by atoms with van der Waals surface area (Å²) >= 11 is 0. The smallest absolute Gasteiger partial charge is 0.303 e. The molecule has 2 N–H and O–H groups in total. The first-order valence-electron chi connectivity index (χ1n) is 5.28. The lowest BCUT2D eigenvalue weighted by atomic mass is 10.1. The number of hydrogen-bond donors (Lipinski definition) is 2. The summed E-state index contributed by atoms with van der Waals surface area (Å²) in [4.78, 5) is 10.4. The van der Waals surface area contributed by atoms with Crippen molar-refractivity contribution < 1.29 is 18.7 Å². The van der Waals surface area contributed by atoms with Crippen molar-refractivity contribution in [2.45, 2.75) is 12.8 Å². The molecule has 18 heavy (non-hydrogen) atoms. The van der Waals surface area contributed by atoms with E-state index in [-0.39, 0.29) is 6.42 Å². The molecule has 2 rings (SSSR count). The Morgan fingerprint density at radius 2 is 2.06 bits per heavy atom. The number of H-pyrrole nitrogens is 1. The van der Waals surface area contributed by atoms with Crippen LogP contribution in [-0.2, 0) is 11.2 Å². The maximum absolute atomic E-state index is 13.0. The first-order valence-corrected chi connectivity index (χ1v) is 5.28. The van der Waals surface area contributed by atoms with Gasteiger partial charge in [0.1, 0.15) is 0 Å². The van der Waals surface area contributed by atoms with Crippen LogP contribution in [0.15, 0.2) is 24.3 Å². The Morgan fingerprint density at radius 3 is 2.72 bits per heavy atom. The molecule has 0 radical (unpaired) electrons. The van der Waals surface area contributed by atoms with Crippen LogP contribution in [0.4, 0.5) is 8.78 Å².